The van der Waals surface area contributed by atoms with Crippen molar-refractivity contribution in [3.05, 3.63) is 48.0 Å². The van der Waals surface area contributed by atoms with E-state index < -0.39 is 18.5 Å². The van der Waals surface area contributed by atoms with E-state index in [2.05, 4.69) is 5.32 Å². The van der Waals surface area contributed by atoms with Gasteiger partial charge >= 0.3 is 5.97 Å². The first-order valence-corrected chi connectivity index (χ1v) is 10.1. The van der Waals surface area contributed by atoms with Crippen molar-refractivity contribution < 1.29 is 28.6 Å². The predicted molar refractivity (Wildman–Crippen MR) is 115 cm³/mol. The third-order valence-corrected chi connectivity index (χ3v) is 4.97. The summed E-state index contributed by atoms with van der Waals surface area (Å²) in [6.45, 7) is 0.226. The van der Waals surface area contributed by atoms with Crippen LogP contribution in [0.3, 0.4) is 0 Å². The lowest BCUT2D eigenvalue weighted by Crippen LogP contribution is -2.27. The van der Waals surface area contributed by atoms with E-state index in [1.807, 2.05) is 12.1 Å². The Balaban J connectivity index is 1.49. The zero-order valence-corrected chi connectivity index (χ0v) is 17.7. The average Bonchev–Trinajstić information content (AvgIpc) is 3.22. The molecule has 1 heterocycles. The van der Waals surface area contributed by atoms with Crippen molar-refractivity contribution >= 4 is 29.2 Å². The summed E-state index contributed by atoms with van der Waals surface area (Å²) in [4.78, 5) is 38.0. The highest BCUT2D eigenvalue weighted by molar-refractivity contribution is 6.02. The van der Waals surface area contributed by atoms with Crippen LogP contribution in [-0.4, -0.2) is 45.2 Å². The summed E-state index contributed by atoms with van der Waals surface area (Å²) in [5, 5.41) is 2.72. The standard InChI is InChI=1S/C23H26N2O6/c1-29-19-11-9-16(14-20(19)30-2)10-12-23(28)31-15-21(26)24-17-6-3-4-7-18(17)25-13-5-8-22(25)27/h3-4,6-7,9,11,14H,5,8,10,12-13,15H2,1-2H3,(H,24,26). The Morgan fingerprint density at radius 1 is 1.06 bits per heavy atom. The molecule has 2 amide bonds. The van der Waals surface area contributed by atoms with Crippen LogP contribution in [0, 0.1) is 0 Å². The quantitative estimate of drug-likeness (QED) is 0.620. The van der Waals surface area contributed by atoms with Crippen molar-refractivity contribution in [2.75, 3.05) is 37.6 Å². The fourth-order valence-electron chi connectivity index (χ4n) is 3.40. The summed E-state index contributed by atoms with van der Waals surface area (Å²) in [5.74, 6) is 0.291. The van der Waals surface area contributed by atoms with E-state index in [-0.39, 0.29) is 12.3 Å². The summed E-state index contributed by atoms with van der Waals surface area (Å²) in [6, 6.07) is 12.5. The van der Waals surface area contributed by atoms with Crippen molar-refractivity contribution in [1.82, 2.24) is 0 Å². The van der Waals surface area contributed by atoms with Gasteiger partial charge in [0, 0.05) is 19.4 Å². The molecule has 1 saturated heterocycles. The number of benzene rings is 2. The molecule has 1 aliphatic heterocycles. The highest BCUT2D eigenvalue weighted by atomic mass is 16.5. The van der Waals surface area contributed by atoms with Gasteiger partial charge in [0.1, 0.15) is 0 Å². The van der Waals surface area contributed by atoms with E-state index in [1.54, 1.807) is 49.5 Å². The minimum atomic E-state index is -0.479. The van der Waals surface area contributed by atoms with E-state index in [1.165, 1.54) is 0 Å². The van der Waals surface area contributed by atoms with E-state index in [0.29, 0.717) is 42.3 Å². The van der Waals surface area contributed by atoms with Crippen molar-refractivity contribution in [3.63, 3.8) is 0 Å². The van der Waals surface area contributed by atoms with Crippen LogP contribution >= 0.6 is 0 Å². The van der Waals surface area contributed by atoms with Crippen molar-refractivity contribution in [1.29, 1.82) is 0 Å². The Bertz CT molecular complexity index is 959. The van der Waals surface area contributed by atoms with Crippen LogP contribution in [0.15, 0.2) is 42.5 Å². The van der Waals surface area contributed by atoms with Crippen LogP contribution in [-0.2, 0) is 25.5 Å². The third kappa shape index (κ3) is 5.75. The Morgan fingerprint density at radius 3 is 2.55 bits per heavy atom. The second kappa shape index (κ2) is 10.5. The summed E-state index contributed by atoms with van der Waals surface area (Å²) in [5.41, 5.74) is 2.06. The minimum absolute atomic E-state index is 0.0308. The molecule has 0 atom stereocenters. The maximum absolute atomic E-state index is 12.3. The average molecular weight is 426 g/mol. The summed E-state index contributed by atoms with van der Waals surface area (Å²) in [7, 11) is 3.10. The van der Waals surface area contributed by atoms with Gasteiger partial charge in [0.2, 0.25) is 5.91 Å². The largest absolute Gasteiger partial charge is 0.493 e. The molecular formula is C23H26N2O6. The fourth-order valence-corrected chi connectivity index (χ4v) is 3.40. The molecule has 3 rings (SSSR count). The van der Waals surface area contributed by atoms with Gasteiger partial charge in [-0.25, -0.2) is 0 Å². The topological polar surface area (TPSA) is 94.2 Å². The second-order valence-electron chi connectivity index (χ2n) is 7.06. The molecule has 1 N–H and O–H groups in total. The lowest BCUT2D eigenvalue weighted by molar-refractivity contribution is -0.147. The third-order valence-electron chi connectivity index (χ3n) is 4.97. The number of para-hydroxylation sites is 2. The van der Waals surface area contributed by atoms with Crippen LogP contribution in [0.25, 0.3) is 0 Å². The Hall–Kier alpha value is -3.55. The van der Waals surface area contributed by atoms with Gasteiger partial charge in [0.15, 0.2) is 18.1 Å². The predicted octanol–water partition coefficient (Wildman–Crippen LogP) is 2.95. The monoisotopic (exact) mass is 426 g/mol. The van der Waals surface area contributed by atoms with Gasteiger partial charge in [0.05, 0.1) is 25.6 Å². The lowest BCUT2D eigenvalue weighted by atomic mass is 10.1. The van der Waals surface area contributed by atoms with Crippen molar-refractivity contribution in [2.24, 2.45) is 0 Å². The Morgan fingerprint density at radius 2 is 1.84 bits per heavy atom. The highest BCUT2D eigenvalue weighted by Gasteiger charge is 2.24. The zero-order chi connectivity index (χ0) is 22.2. The first-order chi connectivity index (χ1) is 15.0. The van der Waals surface area contributed by atoms with Crippen molar-refractivity contribution in [3.8, 4) is 11.5 Å². The molecule has 164 valence electrons. The zero-order valence-electron chi connectivity index (χ0n) is 17.7. The molecule has 1 fully saturated rings. The SMILES string of the molecule is COc1ccc(CCC(=O)OCC(=O)Nc2ccccc2N2CCCC2=O)cc1OC. The molecule has 0 spiro atoms. The number of amides is 2. The van der Waals surface area contributed by atoms with Gasteiger partial charge in [-0.05, 0) is 42.7 Å². The number of carbonyl (C=O) groups is 3. The Kier molecular flexibility index (Phi) is 7.48. The number of ether oxygens (including phenoxy) is 3. The molecule has 0 radical (unpaired) electrons. The molecule has 0 aliphatic carbocycles. The number of nitrogens with one attached hydrogen (secondary N) is 1. The van der Waals surface area contributed by atoms with Crippen molar-refractivity contribution in [2.45, 2.75) is 25.7 Å². The summed E-state index contributed by atoms with van der Waals surface area (Å²) >= 11 is 0. The normalized spacial score (nSPS) is 13.1. The van der Waals surface area contributed by atoms with Crippen LogP contribution in [0.1, 0.15) is 24.8 Å². The van der Waals surface area contributed by atoms with E-state index in [0.717, 1.165) is 12.0 Å². The maximum Gasteiger partial charge on any atom is 0.306 e. The van der Waals surface area contributed by atoms with Gasteiger partial charge in [-0.2, -0.15) is 0 Å². The molecule has 8 nitrogen and oxygen atoms in total. The molecule has 0 bridgehead atoms. The number of nitrogens with zero attached hydrogens (tertiary/aromatic N) is 1. The molecule has 2 aromatic rings. The molecule has 0 unspecified atom stereocenters. The van der Waals surface area contributed by atoms with Gasteiger partial charge in [-0.15, -0.1) is 0 Å². The molecular weight excluding hydrogens is 400 g/mol. The number of rotatable bonds is 9. The lowest BCUT2D eigenvalue weighted by Gasteiger charge is -2.19. The number of esters is 1. The molecule has 0 saturated carbocycles. The number of aryl methyl sites for hydroxylation is 1. The Labute approximate surface area is 181 Å². The minimum Gasteiger partial charge on any atom is -0.493 e. The van der Waals surface area contributed by atoms with Crippen LogP contribution in [0.2, 0.25) is 0 Å². The van der Waals surface area contributed by atoms with Crippen LogP contribution in [0.4, 0.5) is 11.4 Å². The molecule has 1 aliphatic rings. The molecule has 2 aromatic carbocycles. The van der Waals surface area contributed by atoms with Crippen LogP contribution < -0.4 is 19.7 Å². The number of hydrogen-bond donors (Lipinski definition) is 1. The first kappa shape index (κ1) is 22.1. The van der Waals surface area contributed by atoms with Gasteiger partial charge in [-0.1, -0.05) is 18.2 Å². The summed E-state index contributed by atoms with van der Waals surface area (Å²) in [6.07, 6.45) is 1.86. The van der Waals surface area contributed by atoms with E-state index in [9.17, 15) is 14.4 Å². The van der Waals surface area contributed by atoms with Gasteiger partial charge in [0.25, 0.3) is 5.91 Å². The van der Waals surface area contributed by atoms with Gasteiger partial charge in [-0.3, -0.25) is 14.4 Å². The fraction of sp³-hybridized carbons (Fsp3) is 0.348. The summed E-state index contributed by atoms with van der Waals surface area (Å²) < 4.78 is 15.5. The maximum atomic E-state index is 12.3. The smallest absolute Gasteiger partial charge is 0.306 e. The molecule has 8 heteroatoms. The second-order valence-corrected chi connectivity index (χ2v) is 7.06. The number of carbonyl (C=O) groups excluding carboxylic acids is 3. The molecule has 0 aromatic heterocycles. The number of hydrogen-bond acceptors (Lipinski definition) is 6. The van der Waals surface area contributed by atoms with Gasteiger partial charge < -0.3 is 24.4 Å². The van der Waals surface area contributed by atoms with E-state index in [4.69, 9.17) is 14.2 Å². The molecule has 31 heavy (non-hydrogen) atoms. The first-order valence-electron chi connectivity index (χ1n) is 10.1. The van der Waals surface area contributed by atoms with E-state index >= 15 is 0 Å². The number of methoxy groups -OCH3 is 2. The highest BCUT2D eigenvalue weighted by Crippen LogP contribution is 2.29. The number of anilines is 2. The van der Waals surface area contributed by atoms with Crippen LogP contribution in [0.5, 0.6) is 11.5 Å².